The minimum absolute atomic E-state index is 0.166. The van der Waals surface area contributed by atoms with Gasteiger partial charge in [-0.2, -0.15) is 0 Å². The van der Waals surface area contributed by atoms with Gasteiger partial charge in [-0.3, -0.25) is 9.00 Å². The summed E-state index contributed by atoms with van der Waals surface area (Å²) in [6.07, 6.45) is 3.83. The Morgan fingerprint density at radius 1 is 1.33 bits per heavy atom. The summed E-state index contributed by atoms with van der Waals surface area (Å²) < 4.78 is 11.3. The minimum atomic E-state index is -0.793. The normalized spacial score (nSPS) is 20.3. The van der Waals surface area contributed by atoms with Crippen LogP contribution in [-0.2, 0) is 15.6 Å². The van der Waals surface area contributed by atoms with E-state index in [0.717, 1.165) is 38.8 Å². The Kier molecular flexibility index (Phi) is 6.86. The van der Waals surface area contributed by atoms with E-state index in [9.17, 15) is 9.00 Å². The molecule has 1 saturated heterocycles. The lowest BCUT2D eigenvalue weighted by atomic mass is 9.74. The van der Waals surface area contributed by atoms with Gasteiger partial charge in [0, 0.05) is 28.9 Å². The first-order valence-corrected chi connectivity index (χ1v) is 8.47. The molecule has 5 heteroatoms. The molecule has 0 aromatic carbocycles. The number of rotatable bonds is 7. The molecule has 1 fully saturated rings. The van der Waals surface area contributed by atoms with Crippen LogP contribution in [0.2, 0.25) is 0 Å². The molecule has 0 aromatic heterocycles. The number of piperidine rings is 1. The van der Waals surface area contributed by atoms with E-state index in [-0.39, 0.29) is 11.3 Å². The van der Waals surface area contributed by atoms with Crippen molar-refractivity contribution in [3.8, 4) is 0 Å². The summed E-state index contributed by atoms with van der Waals surface area (Å²) in [6, 6.07) is 0. The SMILES string of the molecule is CCCC1(C(=O)NCCS(=O)CC)CCNCC1. The van der Waals surface area contributed by atoms with Crippen molar-refractivity contribution in [1.82, 2.24) is 10.6 Å². The molecule has 1 aliphatic heterocycles. The van der Waals surface area contributed by atoms with Crippen molar-refractivity contribution in [2.75, 3.05) is 31.1 Å². The van der Waals surface area contributed by atoms with Crippen molar-refractivity contribution in [3.63, 3.8) is 0 Å². The second-order valence-corrected chi connectivity index (χ2v) is 6.83. The van der Waals surface area contributed by atoms with Crippen molar-refractivity contribution in [2.45, 2.75) is 39.5 Å². The lowest BCUT2D eigenvalue weighted by molar-refractivity contribution is -0.133. The fraction of sp³-hybridized carbons (Fsp3) is 0.923. The van der Waals surface area contributed by atoms with Crippen LogP contribution in [0.5, 0.6) is 0 Å². The molecule has 1 aliphatic rings. The van der Waals surface area contributed by atoms with E-state index in [1.807, 2.05) is 6.92 Å². The molecule has 0 aliphatic carbocycles. The van der Waals surface area contributed by atoms with E-state index in [2.05, 4.69) is 17.6 Å². The first-order chi connectivity index (χ1) is 8.64. The summed E-state index contributed by atoms with van der Waals surface area (Å²) in [6.45, 7) is 6.42. The molecule has 1 amide bonds. The smallest absolute Gasteiger partial charge is 0.226 e. The first kappa shape index (κ1) is 15.6. The molecule has 18 heavy (non-hydrogen) atoms. The van der Waals surface area contributed by atoms with Crippen LogP contribution in [0.3, 0.4) is 0 Å². The van der Waals surface area contributed by atoms with Crippen molar-refractivity contribution < 1.29 is 9.00 Å². The molecule has 0 aromatic rings. The predicted octanol–water partition coefficient (Wildman–Crippen LogP) is 1.04. The molecule has 1 atom stereocenters. The van der Waals surface area contributed by atoms with Gasteiger partial charge in [0.2, 0.25) is 5.91 Å². The molecule has 106 valence electrons. The van der Waals surface area contributed by atoms with Crippen LogP contribution >= 0.6 is 0 Å². The number of hydrogen-bond acceptors (Lipinski definition) is 3. The fourth-order valence-corrected chi connectivity index (χ4v) is 3.20. The van der Waals surface area contributed by atoms with E-state index in [4.69, 9.17) is 0 Å². The topological polar surface area (TPSA) is 58.2 Å². The zero-order valence-electron chi connectivity index (χ0n) is 11.6. The lowest BCUT2D eigenvalue weighted by Gasteiger charge is -2.36. The van der Waals surface area contributed by atoms with E-state index in [1.54, 1.807) is 0 Å². The number of carbonyl (C=O) groups is 1. The summed E-state index contributed by atoms with van der Waals surface area (Å²) in [4.78, 5) is 12.3. The summed E-state index contributed by atoms with van der Waals surface area (Å²) in [5, 5.41) is 6.29. The highest BCUT2D eigenvalue weighted by Gasteiger charge is 2.38. The van der Waals surface area contributed by atoms with Gasteiger partial charge in [-0.05, 0) is 32.4 Å². The maximum absolute atomic E-state index is 12.3. The zero-order chi connectivity index (χ0) is 13.4. The summed E-state index contributed by atoms with van der Waals surface area (Å²) in [5.41, 5.74) is -0.187. The highest BCUT2D eigenvalue weighted by Crippen LogP contribution is 2.34. The molecule has 0 saturated carbocycles. The molecule has 1 unspecified atom stereocenters. The van der Waals surface area contributed by atoms with Crippen LogP contribution in [0.25, 0.3) is 0 Å². The zero-order valence-corrected chi connectivity index (χ0v) is 12.4. The molecule has 0 radical (unpaired) electrons. The Balaban J connectivity index is 2.46. The van der Waals surface area contributed by atoms with Crippen LogP contribution in [-0.4, -0.2) is 41.3 Å². The van der Waals surface area contributed by atoms with E-state index in [1.165, 1.54) is 0 Å². The molecule has 2 N–H and O–H groups in total. The van der Waals surface area contributed by atoms with Crippen molar-refractivity contribution in [3.05, 3.63) is 0 Å². The lowest BCUT2D eigenvalue weighted by Crippen LogP contribution is -2.48. The largest absolute Gasteiger partial charge is 0.355 e. The molecule has 1 rings (SSSR count). The van der Waals surface area contributed by atoms with E-state index < -0.39 is 10.8 Å². The summed E-state index contributed by atoms with van der Waals surface area (Å²) in [5.74, 6) is 1.40. The van der Waals surface area contributed by atoms with Gasteiger partial charge in [0.1, 0.15) is 0 Å². The third-order valence-electron chi connectivity index (χ3n) is 3.71. The maximum atomic E-state index is 12.3. The number of nitrogens with one attached hydrogen (secondary N) is 2. The second kappa shape index (κ2) is 7.89. The third-order valence-corrected chi connectivity index (χ3v) is 5.01. The molecular formula is C13H26N2O2S. The fourth-order valence-electron chi connectivity index (χ4n) is 2.58. The highest BCUT2D eigenvalue weighted by atomic mass is 32.2. The van der Waals surface area contributed by atoms with Gasteiger partial charge in [0.25, 0.3) is 0 Å². The van der Waals surface area contributed by atoms with Gasteiger partial charge in [0.15, 0.2) is 0 Å². The van der Waals surface area contributed by atoms with Crippen LogP contribution in [0.1, 0.15) is 39.5 Å². The van der Waals surface area contributed by atoms with Gasteiger partial charge in [-0.1, -0.05) is 20.3 Å². The average molecular weight is 274 g/mol. The molecule has 4 nitrogen and oxygen atoms in total. The monoisotopic (exact) mass is 274 g/mol. The second-order valence-electron chi connectivity index (χ2n) is 4.97. The van der Waals surface area contributed by atoms with Gasteiger partial charge < -0.3 is 10.6 Å². The van der Waals surface area contributed by atoms with Crippen LogP contribution in [0.4, 0.5) is 0 Å². The average Bonchev–Trinajstić information content (AvgIpc) is 2.39. The van der Waals surface area contributed by atoms with E-state index >= 15 is 0 Å². The van der Waals surface area contributed by atoms with Crippen LogP contribution in [0.15, 0.2) is 0 Å². The van der Waals surface area contributed by atoms with Gasteiger partial charge in [0.05, 0.1) is 5.41 Å². The van der Waals surface area contributed by atoms with Crippen molar-refractivity contribution in [2.24, 2.45) is 5.41 Å². The highest BCUT2D eigenvalue weighted by molar-refractivity contribution is 7.84. The van der Waals surface area contributed by atoms with E-state index in [0.29, 0.717) is 18.1 Å². The Morgan fingerprint density at radius 2 is 2.00 bits per heavy atom. The Bertz CT molecular complexity index is 283. The molecule has 1 heterocycles. The maximum Gasteiger partial charge on any atom is 0.226 e. The Morgan fingerprint density at radius 3 is 2.56 bits per heavy atom. The molecular weight excluding hydrogens is 248 g/mol. The van der Waals surface area contributed by atoms with Crippen LogP contribution < -0.4 is 10.6 Å². The number of carbonyl (C=O) groups excluding carboxylic acids is 1. The predicted molar refractivity (Wildman–Crippen MR) is 76.0 cm³/mol. The Hall–Kier alpha value is -0.420. The summed E-state index contributed by atoms with van der Waals surface area (Å²) in [7, 11) is -0.793. The van der Waals surface area contributed by atoms with Gasteiger partial charge >= 0.3 is 0 Å². The summed E-state index contributed by atoms with van der Waals surface area (Å²) >= 11 is 0. The standard InChI is InChI=1S/C13H26N2O2S/c1-3-5-13(6-8-14-9-7-13)12(16)15-10-11-18(17)4-2/h14H,3-11H2,1-2H3,(H,15,16). The van der Waals surface area contributed by atoms with Crippen LogP contribution in [0, 0.1) is 5.41 Å². The van der Waals surface area contributed by atoms with Crippen molar-refractivity contribution >= 4 is 16.7 Å². The third kappa shape index (κ3) is 4.35. The van der Waals surface area contributed by atoms with Gasteiger partial charge in [-0.25, -0.2) is 0 Å². The number of hydrogen-bond donors (Lipinski definition) is 2. The Labute approximate surface area is 113 Å². The molecule has 0 bridgehead atoms. The first-order valence-electron chi connectivity index (χ1n) is 6.98. The quantitative estimate of drug-likeness (QED) is 0.729. The number of amides is 1. The van der Waals surface area contributed by atoms with Gasteiger partial charge in [-0.15, -0.1) is 0 Å². The molecule has 0 spiro atoms. The minimum Gasteiger partial charge on any atom is -0.355 e. The van der Waals surface area contributed by atoms with Crippen molar-refractivity contribution in [1.29, 1.82) is 0 Å².